The first-order valence-corrected chi connectivity index (χ1v) is 7.59. The van der Waals surface area contributed by atoms with Gasteiger partial charge in [-0.1, -0.05) is 5.16 Å². The molecule has 2 heterocycles. The zero-order valence-corrected chi connectivity index (χ0v) is 13.6. The number of alkyl halides is 3. The summed E-state index contributed by atoms with van der Waals surface area (Å²) >= 11 is 1.13. The van der Waals surface area contributed by atoms with Crippen LogP contribution in [0, 0.1) is 0 Å². The zero-order valence-electron chi connectivity index (χ0n) is 12.8. The molecule has 0 saturated heterocycles. The molecule has 0 aromatic carbocycles. The number of amides is 1. The fourth-order valence-electron chi connectivity index (χ4n) is 1.68. The van der Waals surface area contributed by atoms with E-state index < -0.39 is 12.1 Å². The van der Waals surface area contributed by atoms with Gasteiger partial charge >= 0.3 is 12.1 Å². The number of carbonyl (C=O) groups is 1. The third-order valence-electron chi connectivity index (χ3n) is 2.78. The van der Waals surface area contributed by atoms with E-state index in [9.17, 15) is 18.0 Å². The molecule has 2 rings (SSSR count). The second-order valence-electron chi connectivity index (χ2n) is 4.44. The molecule has 11 heteroatoms. The molecule has 0 N–H and O–H groups in total. The molecule has 2 aromatic rings. The van der Waals surface area contributed by atoms with Gasteiger partial charge in [0.1, 0.15) is 6.61 Å². The maximum Gasteiger partial charge on any atom is 0.471 e. The summed E-state index contributed by atoms with van der Waals surface area (Å²) in [5, 5.41) is 4.41. The van der Waals surface area contributed by atoms with E-state index in [1.165, 1.54) is 7.11 Å². The van der Waals surface area contributed by atoms with Gasteiger partial charge in [0.05, 0.1) is 18.5 Å². The molecular weight excluding hydrogens is 351 g/mol. The van der Waals surface area contributed by atoms with Crippen LogP contribution in [0.2, 0.25) is 0 Å². The zero-order chi connectivity index (χ0) is 17.7. The van der Waals surface area contributed by atoms with Crippen LogP contribution < -0.4 is 0 Å². The highest BCUT2D eigenvalue weighted by Gasteiger charge is 2.38. The fraction of sp³-hybridized carbons (Fsp3) is 0.462. The molecule has 0 aliphatic carbocycles. The quantitative estimate of drug-likeness (QED) is 0.702. The van der Waals surface area contributed by atoms with E-state index in [-0.39, 0.29) is 24.9 Å². The number of rotatable bonds is 7. The fourth-order valence-corrected chi connectivity index (χ4v) is 2.59. The van der Waals surface area contributed by atoms with Crippen LogP contribution in [0.15, 0.2) is 16.7 Å². The summed E-state index contributed by atoms with van der Waals surface area (Å²) in [7, 11) is 1.34. The molecule has 7 nitrogen and oxygen atoms in total. The van der Waals surface area contributed by atoms with Crippen molar-refractivity contribution < 1.29 is 32.1 Å². The van der Waals surface area contributed by atoms with Crippen LogP contribution in [0.3, 0.4) is 0 Å². The molecule has 0 atom stereocenters. The Hall–Kier alpha value is -1.98. The summed E-state index contributed by atoms with van der Waals surface area (Å²) in [4.78, 5) is 21.2. The van der Waals surface area contributed by atoms with E-state index in [4.69, 9.17) is 9.57 Å². The highest BCUT2D eigenvalue weighted by Crippen LogP contribution is 2.32. The second kappa shape index (κ2) is 7.73. The minimum absolute atomic E-state index is 0.122. The van der Waals surface area contributed by atoms with Crippen molar-refractivity contribution >= 4 is 17.2 Å². The number of hydrogen-bond acceptors (Lipinski definition) is 7. The number of halogens is 3. The molecular formula is C13H14F3N3O4S. The largest absolute Gasteiger partial charge is 0.471 e. The summed E-state index contributed by atoms with van der Waals surface area (Å²) in [5.74, 6) is -1.94. The van der Waals surface area contributed by atoms with Gasteiger partial charge in [0, 0.05) is 11.5 Å². The molecule has 0 saturated carbocycles. The predicted molar refractivity (Wildman–Crippen MR) is 76.7 cm³/mol. The first-order chi connectivity index (χ1) is 11.3. The number of nitrogens with zero attached hydrogens (tertiary/aromatic N) is 3. The van der Waals surface area contributed by atoms with Gasteiger partial charge in [0.25, 0.3) is 5.91 Å². The van der Waals surface area contributed by atoms with Gasteiger partial charge in [-0.3, -0.25) is 9.63 Å². The number of carbonyl (C=O) groups excluding carboxylic acids is 1. The summed E-state index contributed by atoms with van der Waals surface area (Å²) in [6.45, 7) is 2.15. The average Bonchev–Trinajstić information content (AvgIpc) is 3.18. The molecule has 0 unspecified atom stereocenters. The number of ether oxygens (including phenoxy) is 1. The van der Waals surface area contributed by atoms with Crippen molar-refractivity contribution in [3.8, 4) is 10.7 Å². The first-order valence-electron chi connectivity index (χ1n) is 6.77. The van der Waals surface area contributed by atoms with Crippen molar-refractivity contribution in [1.82, 2.24) is 15.2 Å². The van der Waals surface area contributed by atoms with E-state index in [0.29, 0.717) is 16.4 Å². The third-order valence-corrected chi connectivity index (χ3v) is 3.84. The van der Waals surface area contributed by atoms with Crippen LogP contribution in [0.25, 0.3) is 10.7 Å². The van der Waals surface area contributed by atoms with Crippen molar-refractivity contribution in [1.29, 1.82) is 0 Å². The summed E-state index contributed by atoms with van der Waals surface area (Å²) in [5.41, 5.74) is 0. The normalized spacial score (nSPS) is 11.7. The Morgan fingerprint density at radius 2 is 2.17 bits per heavy atom. The van der Waals surface area contributed by atoms with Gasteiger partial charge in [0.15, 0.2) is 0 Å². The van der Waals surface area contributed by atoms with Crippen LogP contribution in [0.4, 0.5) is 13.2 Å². The van der Waals surface area contributed by atoms with E-state index in [0.717, 1.165) is 16.4 Å². The van der Waals surface area contributed by atoms with E-state index in [2.05, 4.69) is 14.7 Å². The minimum Gasteiger partial charge on any atom is -0.372 e. The molecule has 132 valence electrons. The smallest absolute Gasteiger partial charge is 0.372 e. The predicted octanol–water partition coefficient (Wildman–Crippen LogP) is 2.74. The molecule has 0 fully saturated rings. The maximum absolute atomic E-state index is 12.5. The molecule has 2 aromatic heterocycles. The Labute approximate surface area is 138 Å². The van der Waals surface area contributed by atoms with Crippen LogP contribution in [-0.4, -0.2) is 41.4 Å². The Kier molecular flexibility index (Phi) is 5.91. The van der Waals surface area contributed by atoms with Crippen LogP contribution in [0.1, 0.15) is 17.7 Å². The van der Waals surface area contributed by atoms with Gasteiger partial charge in [-0.05, 0) is 19.1 Å². The number of hydrogen-bond donors (Lipinski definition) is 0. The lowest BCUT2D eigenvalue weighted by molar-refractivity contribution is -0.183. The van der Waals surface area contributed by atoms with Gasteiger partial charge in [-0.2, -0.15) is 18.2 Å². The number of aromatic nitrogens is 2. The molecule has 24 heavy (non-hydrogen) atoms. The highest BCUT2D eigenvalue weighted by atomic mass is 32.1. The van der Waals surface area contributed by atoms with Crippen LogP contribution in [0.5, 0.6) is 0 Å². The minimum atomic E-state index is -4.69. The topological polar surface area (TPSA) is 77.7 Å². The van der Waals surface area contributed by atoms with Gasteiger partial charge in [-0.25, -0.2) is 5.06 Å². The van der Waals surface area contributed by atoms with Crippen LogP contribution >= 0.6 is 11.3 Å². The summed E-state index contributed by atoms with van der Waals surface area (Å²) in [6.07, 6.45) is -4.69. The summed E-state index contributed by atoms with van der Waals surface area (Å²) in [6, 6.07) is 3.19. The highest BCUT2D eigenvalue weighted by molar-refractivity contribution is 7.15. The number of hydroxylamine groups is 2. The van der Waals surface area contributed by atoms with E-state index >= 15 is 0 Å². The second-order valence-corrected chi connectivity index (χ2v) is 5.61. The van der Waals surface area contributed by atoms with E-state index in [1.54, 1.807) is 19.1 Å². The Balaban J connectivity index is 2.07. The Bertz CT molecular complexity index is 686. The third kappa shape index (κ3) is 4.52. The molecule has 1 amide bonds. The Morgan fingerprint density at radius 3 is 2.75 bits per heavy atom. The first kappa shape index (κ1) is 18.4. The maximum atomic E-state index is 12.5. The van der Waals surface area contributed by atoms with Crippen LogP contribution in [-0.2, 0) is 27.1 Å². The van der Waals surface area contributed by atoms with Gasteiger partial charge in [-0.15, -0.1) is 11.3 Å². The van der Waals surface area contributed by atoms with Gasteiger partial charge in [0.2, 0.25) is 5.82 Å². The summed E-state index contributed by atoms with van der Waals surface area (Å²) < 4.78 is 46.6. The SMILES string of the molecule is CCOCC(=O)N(Cc1ccc(-c2noc(C(F)(F)F)n2)s1)OC. The van der Waals surface area contributed by atoms with E-state index in [1.807, 2.05) is 0 Å². The monoisotopic (exact) mass is 365 g/mol. The van der Waals surface area contributed by atoms with Crippen molar-refractivity contribution in [2.75, 3.05) is 20.3 Å². The van der Waals surface area contributed by atoms with Crippen molar-refractivity contribution in [3.63, 3.8) is 0 Å². The lowest BCUT2D eigenvalue weighted by Gasteiger charge is -2.18. The average molecular weight is 365 g/mol. The Morgan fingerprint density at radius 1 is 1.42 bits per heavy atom. The lowest BCUT2D eigenvalue weighted by atomic mass is 10.4. The molecule has 0 bridgehead atoms. The lowest BCUT2D eigenvalue weighted by Crippen LogP contribution is -2.32. The number of thiophene rings is 1. The molecule has 0 radical (unpaired) electrons. The molecule has 0 aliphatic heterocycles. The van der Waals surface area contributed by atoms with Crippen molar-refractivity contribution in [3.05, 3.63) is 22.9 Å². The molecule has 0 spiro atoms. The van der Waals surface area contributed by atoms with Gasteiger partial charge < -0.3 is 9.26 Å². The van der Waals surface area contributed by atoms with Crippen molar-refractivity contribution in [2.24, 2.45) is 0 Å². The van der Waals surface area contributed by atoms with Crippen molar-refractivity contribution in [2.45, 2.75) is 19.6 Å². The molecule has 0 aliphatic rings. The standard InChI is InChI=1S/C13H14F3N3O4S/c1-3-22-7-10(20)19(21-2)6-8-4-5-9(24-8)11-17-12(23-18-11)13(14,15)16/h4-5H,3,6-7H2,1-2H3.